The summed E-state index contributed by atoms with van der Waals surface area (Å²) in [6.45, 7) is 6.22. The minimum absolute atomic E-state index is 0.00741. The molecule has 3 aromatic rings. The second-order valence-electron chi connectivity index (χ2n) is 7.41. The van der Waals surface area contributed by atoms with Gasteiger partial charge in [0.1, 0.15) is 5.15 Å². The van der Waals surface area contributed by atoms with Crippen molar-refractivity contribution in [2.45, 2.75) is 52.0 Å². The van der Waals surface area contributed by atoms with Gasteiger partial charge in [-0.25, -0.2) is 4.98 Å². The largest absolute Gasteiger partial charge is 0.338 e. The predicted molar refractivity (Wildman–Crippen MR) is 114 cm³/mol. The van der Waals surface area contributed by atoms with E-state index in [0.717, 1.165) is 56.5 Å². The maximum absolute atomic E-state index is 13.1. The fourth-order valence-corrected chi connectivity index (χ4v) is 5.28. The Kier molecular flexibility index (Phi) is 5.69. The summed E-state index contributed by atoms with van der Waals surface area (Å²) in [7, 11) is 0. The number of rotatable bonds is 5. The molecule has 7 heteroatoms. The van der Waals surface area contributed by atoms with Crippen LogP contribution in [0.15, 0.2) is 24.3 Å². The van der Waals surface area contributed by atoms with Crippen molar-refractivity contribution < 1.29 is 4.79 Å². The average Bonchev–Trinajstić information content (AvgIpc) is 3.26. The smallest absolute Gasteiger partial charge is 0.258 e. The van der Waals surface area contributed by atoms with Crippen molar-refractivity contribution in [3.63, 3.8) is 0 Å². The molecule has 28 heavy (non-hydrogen) atoms. The second kappa shape index (κ2) is 8.21. The number of unbranched alkanes of at least 4 members (excludes halogenated alkanes) is 1. The number of aryl methyl sites for hydroxylation is 2. The van der Waals surface area contributed by atoms with Crippen LogP contribution in [0.2, 0.25) is 5.15 Å². The minimum Gasteiger partial charge on any atom is -0.338 e. The van der Waals surface area contributed by atoms with Crippen molar-refractivity contribution in [1.29, 1.82) is 0 Å². The molecule has 1 aromatic carbocycles. The van der Waals surface area contributed by atoms with E-state index in [1.165, 1.54) is 9.71 Å². The zero-order chi connectivity index (χ0) is 19.7. The summed E-state index contributed by atoms with van der Waals surface area (Å²) in [5.74, 6) is 0.429. The number of piperidine rings is 1. The maximum Gasteiger partial charge on any atom is 0.258 e. The molecule has 2 aromatic heterocycles. The third kappa shape index (κ3) is 3.67. The first kappa shape index (κ1) is 19.4. The lowest BCUT2D eigenvalue weighted by Gasteiger charge is -2.31. The van der Waals surface area contributed by atoms with E-state index in [0.29, 0.717) is 16.6 Å². The van der Waals surface area contributed by atoms with Gasteiger partial charge in [0.05, 0.1) is 26.5 Å². The van der Waals surface area contributed by atoms with Crippen LogP contribution in [0.25, 0.3) is 10.2 Å². The molecule has 0 radical (unpaired) electrons. The molecule has 0 bridgehead atoms. The van der Waals surface area contributed by atoms with Gasteiger partial charge in [-0.2, -0.15) is 5.10 Å². The summed E-state index contributed by atoms with van der Waals surface area (Å²) in [5, 5.41) is 6.15. The molecule has 1 aliphatic heterocycles. The number of carbonyl (C=O) groups is 1. The summed E-state index contributed by atoms with van der Waals surface area (Å²) in [6.07, 6.45) is 3.94. The van der Waals surface area contributed by atoms with Crippen LogP contribution in [0.5, 0.6) is 0 Å². The van der Waals surface area contributed by atoms with E-state index in [1.807, 2.05) is 17.9 Å². The highest BCUT2D eigenvalue weighted by Crippen LogP contribution is 2.34. The molecule has 1 fully saturated rings. The fraction of sp³-hybridized carbons (Fsp3) is 0.476. The first-order valence-electron chi connectivity index (χ1n) is 9.96. The van der Waals surface area contributed by atoms with Gasteiger partial charge >= 0.3 is 0 Å². The molecule has 4 rings (SSSR count). The van der Waals surface area contributed by atoms with Crippen molar-refractivity contribution in [3.05, 3.63) is 45.7 Å². The third-order valence-electron chi connectivity index (χ3n) is 5.44. The average molecular weight is 417 g/mol. The highest BCUT2D eigenvalue weighted by Gasteiger charge is 2.30. The number of aromatic nitrogens is 3. The van der Waals surface area contributed by atoms with Gasteiger partial charge in [0.25, 0.3) is 5.91 Å². The molecule has 1 aliphatic rings. The molecule has 0 saturated carbocycles. The Morgan fingerprint density at radius 3 is 2.75 bits per heavy atom. The van der Waals surface area contributed by atoms with Gasteiger partial charge in [-0.1, -0.05) is 37.1 Å². The predicted octanol–water partition coefficient (Wildman–Crippen LogP) is 5.27. The summed E-state index contributed by atoms with van der Waals surface area (Å²) in [6, 6.07) is 8.27. The van der Waals surface area contributed by atoms with Gasteiger partial charge in [0.2, 0.25) is 0 Å². The number of carbonyl (C=O) groups excluding carboxylic acids is 1. The molecule has 3 heterocycles. The molecule has 0 aliphatic carbocycles. The van der Waals surface area contributed by atoms with E-state index in [-0.39, 0.29) is 5.91 Å². The number of nitrogens with zero attached hydrogens (tertiary/aromatic N) is 4. The van der Waals surface area contributed by atoms with Crippen LogP contribution < -0.4 is 0 Å². The van der Waals surface area contributed by atoms with Crippen LogP contribution in [0, 0.1) is 6.92 Å². The second-order valence-corrected chi connectivity index (χ2v) is 8.83. The number of hydrogen-bond acceptors (Lipinski definition) is 4. The fourth-order valence-electron chi connectivity index (χ4n) is 3.80. The molecule has 0 unspecified atom stereocenters. The molecular weight excluding hydrogens is 392 g/mol. The zero-order valence-corrected chi connectivity index (χ0v) is 17.9. The van der Waals surface area contributed by atoms with E-state index in [4.69, 9.17) is 16.6 Å². The van der Waals surface area contributed by atoms with E-state index in [1.54, 1.807) is 16.0 Å². The number of amides is 1. The normalized spacial score (nSPS) is 15.5. The van der Waals surface area contributed by atoms with Crippen molar-refractivity contribution in [1.82, 2.24) is 19.7 Å². The van der Waals surface area contributed by atoms with Crippen molar-refractivity contribution >= 4 is 39.1 Å². The van der Waals surface area contributed by atoms with Gasteiger partial charge in [-0.15, -0.1) is 11.3 Å². The van der Waals surface area contributed by atoms with Crippen LogP contribution in [-0.2, 0) is 6.54 Å². The van der Waals surface area contributed by atoms with Gasteiger partial charge in [0, 0.05) is 25.6 Å². The Morgan fingerprint density at radius 2 is 2.04 bits per heavy atom. The molecule has 5 nitrogen and oxygen atoms in total. The first-order chi connectivity index (χ1) is 13.6. The number of hydrogen-bond donors (Lipinski definition) is 0. The van der Waals surface area contributed by atoms with Gasteiger partial charge in [-0.3, -0.25) is 9.48 Å². The van der Waals surface area contributed by atoms with E-state index in [9.17, 15) is 4.79 Å². The Labute approximate surface area is 174 Å². The number of thiazole rings is 1. The van der Waals surface area contributed by atoms with E-state index < -0.39 is 0 Å². The van der Waals surface area contributed by atoms with Crippen LogP contribution in [0.3, 0.4) is 0 Å². The number of para-hydroxylation sites is 1. The highest BCUT2D eigenvalue weighted by atomic mass is 35.5. The minimum atomic E-state index is 0.00741. The van der Waals surface area contributed by atoms with Gasteiger partial charge in [0.15, 0.2) is 0 Å². The van der Waals surface area contributed by atoms with Crippen LogP contribution >= 0.6 is 22.9 Å². The number of fused-ring (bicyclic) bond motifs is 1. The zero-order valence-electron chi connectivity index (χ0n) is 16.3. The lowest BCUT2D eigenvalue weighted by molar-refractivity contribution is 0.0712. The van der Waals surface area contributed by atoms with Crippen molar-refractivity contribution in [2.24, 2.45) is 0 Å². The third-order valence-corrected chi connectivity index (χ3v) is 7.03. The van der Waals surface area contributed by atoms with E-state index >= 15 is 0 Å². The van der Waals surface area contributed by atoms with Gasteiger partial charge < -0.3 is 4.90 Å². The molecular formula is C21H25ClN4OS. The first-order valence-corrected chi connectivity index (χ1v) is 11.2. The SMILES string of the molecule is CCCCn1nc(C)c(C(=O)N2CCC(c3nc4ccccc4s3)CC2)c1Cl. The van der Waals surface area contributed by atoms with Crippen molar-refractivity contribution in [2.75, 3.05) is 13.1 Å². The number of halogens is 1. The van der Waals surface area contributed by atoms with Crippen molar-refractivity contribution in [3.8, 4) is 0 Å². The summed E-state index contributed by atoms with van der Waals surface area (Å²) in [4.78, 5) is 19.8. The van der Waals surface area contributed by atoms with Crippen LogP contribution in [-0.4, -0.2) is 38.7 Å². The Hall–Kier alpha value is -1.92. The number of benzene rings is 1. The lowest BCUT2D eigenvalue weighted by Crippen LogP contribution is -2.38. The molecule has 0 N–H and O–H groups in total. The Bertz CT molecular complexity index is 955. The number of likely N-dealkylation sites (tertiary alicyclic amines) is 1. The van der Waals surface area contributed by atoms with Crippen LogP contribution in [0.4, 0.5) is 0 Å². The molecule has 1 saturated heterocycles. The molecule has 1 amide bonds. The molecule has 148 valence electrons. The Balaban J connectivity index is 1.45. The summed E-state index contributed by atoms with van der Waals surface area (Å²) in [5.41, 5.74) is 2.36. The van der Waals surface area contributed by atoms with Gasteiger partial charge in [-0.05, 0) is 38.3 Å². The molecule has 0 spiro atoms. The maximum atomic E-state index is 13.1. The summed E-state index contributed by atoms with van der Waals surface area (Å²) >= 11 is 8.27. The monoisotopic (exact) mass is 416 g/mol. The topological polar surface area (TPSA) is 51.0 Å². The standard InChI is InChI=1S/C21H25ClN4OS/c1-3-4-11-26-19(22)18(14(2)24-26)21(27)25-12-9-15(10-13-25)20-23-16-7-5-6-8-17(16)28-20/h5-8,15H,3-4,9-13H2,1-2H3. The molecule has 0 atom stereocenters. The quantitative estimate of drug-likeness (QED) is 0.568. The highest BCUT2D eigenvalue weighted by molar-refractivity contribution is 7.18. The Morgan fingerprint density at radius 1 is 1.29 bits per heavy atom. The lowest BCUT2D eigenvalue weighted by atomic mass is 9.97. The van der Waals surface area contributed by atoms with Crippen LogP contribution in [0.1, 0.15) is 59.6 Å². The summed E-state index contributed by atoms with van der Waals surface area (Å²) < 4.78 is 3.00. The van der Waals surface area contributed by atoms with E-state index in [2.05, 4.69) is 30.2 Å².